The number of benzene rings is 1. The molecule has 1 aliphatic carbocycles. The molecule has 0 bridgehead atoms. The molecule has 1 saturated carbocycles. The van der Waals surface area contributed by atoms with Gasteiger partial charge >= 0.3 is 5.97 Å². The number of carboxylic acid groups (broad SMARTS) is 1. The Labute approximate surface area is 108 Å². The predicted octanol–water partition coefficient (Wildman–Crippen LogP) is 3.38. The summed E-state index contributed by atoms with van der Waals surface area (Å²) in [7, 11) is 0. The van der Waals surface area contributed by atoms with Gasteiger partial charge in [0.15, 0.2) is 0 Å². The molecule has 2 rings (SSSR count). The Morgan fingerprint density at radius 1 is 1.33 bits per heavy atom. The van der Waals surface area contributed by atoms with Crippen molar-refractivity contribution < 1.29 is 9.90 Å². The molecule has 0 spiro atoms. The lowest BCUT2D eigenvalue weighted by Crippen LogP contribution is -2.49. The average molecular weight is 247 g/mol. The number of nitrogens with one attached hydrogen (secondary N) is 1. The van der Waals surface area contributed by atoms with Crippen molar-refractivity contribution in [1.82, 2.24) is 0 Å². The van der Waals surface area contributed by atoms with Crippen molar-refractivity contribution >= 4 is 11.7 Å². The van der Waals surface area contributed by atoms with Gasteiger partial charge in [0.25, 0.3) is 0 Å². The van der Waals surface area contributed by atoms with Crippen molar-refractivity contribution in [1.29, 1.82) is 0 Å². The first-order chi connectivity index (χ1) is 8.36. The summed E-state index contributed by atoms with van der Waals surface area (Å²) in [4.78, 5) is 11.8. The average Bonchev–Trinajstić information content (AvgIpc) is 2.51. The molecule has 18 heavy (non-hydrogen) atoms. The minimum absolute atomic E-state index is 0.0690. The van der Waals surface area contributed by atoms with Gasteiger partial charge in [-0.2, -0.15) is 0 Å². The number of hydrogen-bond donors (Lipinski definition) is 2. The minimum atomic E-state index is -0.842. The molecule has 0 radical (unpaired) electrons. The van der Waals surface area contributed by atoms with Gasteiger partial charge in [-0.1, -0.05) is 39.0 Å². The minimum Gasteiger partial charge on any atom is -0.479 e. The van der Waals surface area contributed by atoms with Crippen molar-refractivity contribution in [2.24, 2.45) is 11.3 Å². The van der Waals surface area contributed by atoms with Gasteiger partial charge in [-0.15, -0.1) is 0 Å². The Bertz CT molecular complexity index is 441. The Balaban J connectivity index is 2.32. The van der Waals surface area contributed by atoms with Gasteiger partial charge in [0.2, 0.25) is 0 Å². The lowest BCUT2D eigenvalue weighted by molar-refractivity contribution is -0.143. The molecule has 0 amide bonds. The first-order valence-corrected chi connectivity index (χ1v) is 6.42. The van der Waals surface area contributed by atoms with Crippen LogP contribution in [0.1, 0.15) is 33.6 Å². The zero-order valence-electron chi connectivity index (χ0n) is 11.2. The Morgan fingerprint density at radius 2 is 1.94 bits per heavy atom. The van der Waals surface area contributed by atoms with Gasteiger partial charge in [0.1, 0.15) is 5.54 Å². The predicted molar refractivity (Wildman–Crippen MR) is 72.6 cm³/mol. The van der Waals surface area contributed by atoms with E-state index >= 15 is 0 Å². The number of hydrogen-bond acceptors (Lipinski definition) is 2. The molecule has 98 valence electrons. The van der Waals surface area contributed by atoms with Crippen LogP contribution < -0.4 is 5.32 Å². The molecule has 0 aliphatic heterocycles. The standard InChI is InChI=1S/C15H21NO2/c1-11-9-14(2,3)10-15(11,13(17)18)16-12-7-5-4-6-8-12/h4-8,11,16H,9-10H2,1-3H3,(H,17,18). The van der Waals surface area contributed by atoms with Crippen LogP contribution in [0.5, 0.6) is 0 Å². The van der Waals surface area contributed by atoms with Crippen LogP contribution in [0.4, 0.5) is 5.69 Å². The van der Waals surface area contributed by atoms with E-state index < -0.39 is 11.5 Å². The first kappa shape index (κ1) is 12.9. The fourth-order valence-electron chi connectivity index (χ4n) is 3.29. The van der Waals surface area contributed by atoms with Crippen LogP contribution in [0.25, 0.3) is 0 Å². The van der Waals surface area contributed by atoms with Crippen LogP contribution in [0, 0.1) is 11.3 Å². The van der Waals surface area contributed by atoms with Crippen LogP contribution in [0.15, 0.2) is 30.3 Å². The number of aliphatic carboxylic acids is 1. The largest absolute Gasteiger partial charge is 0.479 e. The van der Waals surface area contributed by atoms with Gasteiger partial charge < -0.3 is 10.4 Å². The van der Waals surface area contributed by atoms with Crippen molar-refractivity contribution in [3.05, 3.63) is 30.3 Å². The third-order valence-electron chi connectivity index (χ3n) is 3.98. The molecule has 2 atom stereocenters. The van der Waals surface area contributed by atoms with E-state index in [1.807, 2.05) is 37.3 Å². The van der Waals surface area contributed by atoms with Crippen molar-refractivity contribution in [2.75, 3.05) is 5.32 Å². The van der Waals surface area contributed by atoms with Crippen LogP contribution in [-0.4, -0.2) is 16.6 Å². The summed E-state index contributed by atoms with van der Waals surface area (Å²) in [5, 5.41) is 12.9. The highest BCUT2D eigenvalue weighted by Crippen LogP contribution is 2.49. The van der Waals surface area contributed by atoms with E-state index in [0.717, 1.165) is 12.1 Å². The molecule has 1 fully saturated rings. The van der Waals surface area contributed by atoms with E-state index in [4.69, 9.17) is 0 Å². The molecule has 1 aromatic carbocycles. The number of anilines is 1. The van der Waals surface area contributed by atoms with E-state index in [1.54, 1.807) is 0 Å². The highest BCUT2D eigenvalue weighted by atomic mass is 16.4. The van der Waals surface area contributed by atoms with Crippen LogP contribution >= 0.6 is 0 Å². The van der Waals surface area contributed by atoms with Gasteiger partial charge in [0.05, 0.1) is 0 Å². The smallest absolute Gasteiger partial charge is 0.329 e. The summed E-state index contributed by atoms with van der Waals surface area (Å²) in [6.07, 6.45) is 1.59. The Kier molecular flexibility index (Phi) is 3.09. The molecule has 3 heteroatoms. The summed E-state index contributed by atoms with van der Waals surface area (Å²) in [5.41, 5.74) is 0.106. The normalized spacial score (nSPS) is 30.1. The maximum absolute atomic E-state index is 11.8. The molecule has 1 aliphatic rings. The second kappa shape index (κ2) is 4.30. The second-order valence-electron chi connectivity index (χ2n) is 6.21. The first-order valence-electron chi connectivity index (χ1n) is 6.42. The topological polar surface area (TPSA) is 49.3 Å². The van der Waals surface area contributed by atoms with Crippen molar-refractivity contribution in [3.8, 4) is 0 Å². The molecule has 2 unspecified atom stereocenters. The zero-order valence-corrected chi connectivity index (χ0v) is 11.2. The van der Waals surface area contributed by atoms with Crippen LogP contribution in [-0.2, 0) is 4.79 Å². The van der Waals surface area contributed by atoms with Gasteiger partial charge in [-0.05, 0) is 36.3 Å². The Hall–Kier alpha value is -1.51. The molecule has 1 aromatic rings. The Morgan fingerprint density at radius 3 is 2.39 bits per heavy atom. The lowest BCUT2D eigenvalue weighted by Gasteiger charge is -2.32. The van der Waals surface area contributed by atoms with Crippen molar-refractivity contribution in [2.45, 2.75) is 39.2 Å². The number of rotatable bonds is 3. The van der Waals surface area contributed by atoms with E-state index in [2.05, 4.69) is 19.2 Å². The van der Waals surface area contributed by atoms with E-state index in [1.165, 1.54) is 0 Å². The summed E-state index contributed by atoms with van der Waals surface area (Å²) in [6.45, 7) is 6.31. The zero-order chi connectivity index (χ0) is 13.4. The lowest BCUT2D eigenvalue weighted by atomic mass is 9.86. The molecule has 0 saturated heterocycles. The summed E-state index contributed by atoms with van der Waals surface area (Å²) in [6, 6.07) is 9.61. The van der Waals surface area contributed by atoms with Crippen LogP contribution in [0.2, 0.25) is 0 Å². The SMILES string of the molecule is CC1CC(C)(C)CC1(Nc1ccccc1)C(=O)O. The summed E-state index contributed by atoms with van der Waals surface area (Å²) < 4.78 is 0. The maximum Gasteiger partial charge on any atom is 0.329 e. The molecular weight excluding hydrogens is 226 g/mol. The highest BCUT2D eigenvalue weighted by molar-refractivity contribution is 5.84. The fraction of sp³-hybridized carbons (Fsp3) is 0.533. The third-order valence-corrected chi connectivity index (χ3v) is 3.98. The van der Waals surface area contributed by atoms with E-state index in [0.29, 0.717) is 6.42 Å². The molecule has 2 N–H and O–H groups in total. The third kappa shape index (κ3) is 2.22. The molecular formula is C15H21NO2. The van der Waals surface area contributed by atoms with Gasteiger partial charge in [-0.3, -0.25) is 0 Å². The van der Waals surface area contributed by atoms with Crippen LogP contribution in [0.3, 0.4) is 0 Å². The quantitative estimate of drug-likeness (QED) is 0.861. The highest BCUT2D eigenvalue weighted by Gasteiger charge is 2.53. The maximum atomic E-state index is 11.8. The monoisotopic (exact) mass is 247 g/mol. The van der Waals surface area contributed by atoms with Gasteiger partial charge in [0, 0.05) is 5.69 Å². The second-order valence-corrected chi connectivity index (χ2v) is 6.21. The summed E-state index contributed by atoms with van der Waals surface area (Å²) in [5.74, 6) is -0.630. The van der Waals surface area contributed by atoms with Crippen molar-refractivity contribution in [3.63, 3.8) is 0 Å². The molecule has 3 nitrogen and oxygen atoms in total. The number of carboxylic acids is 1. The fourth-order valence-corrected chi connectivity index (χ4v) is 3.29. The number of carbonyl (C=O) groups is 1. The van der Waals surface area contributed by atoms with E-state index in [9.17, 15) is 9.90 Å². The van der Waals surface area contributed by atoms with E-state index in [-0.39, 0.29) is 11.3 Å². The molecule has 0 heterocycles. The summed E-state index contributed by atoms with van der Waals surface area (Å²) >= 11 is 0. The van der Waals surface area contributed by atoms with Gasteiger partial charge in [-0.25, -0.2) is 4.79 Å². The number of para-hydroxylation sites is 1. The molecule has 0 aromatic heterocycles.